The number of nitrogens with zero attached hydrogens (tertiary/aromatic N) is 4. The Balaban J connectivity index is 1.70. The summed E-state index contributed by atoms with van der Waals surface area (Å²) in [5, 5.41) is 15.0. The lowest BCUT2D eigenvalue weighted by molar-refractivity contribution is -0.384. The SMILES string of the molecule is COC(=O)CCCN1C(=S)N[C@H](c2ccccn2)[C@H]1c1cccn1-c1ccc([N+](=O)[O-])cc1. The molecule has 3 heterocycles. The number of carbonyl (C=O) groups is 1. The van der Waals surface area contributed by atoms with Gasteiger partial charge in [0.2, 0.25) is 0 Å². The van der Waals surface area contributed by atoms with E-state index in [0.717, 1.165) is 17.1 Å². The van der Waals surface area contributed by atoms with Crippen LogP contribution in [0.3, 0.4) is 0 Å². The van der Waals surface area contributed by atoms with Crippen molar-refractivity contribution >= 4 is 29.0 Å². The van der Waals surface area contributed by atoms with E-state index < -0.39 is 4.92 Å². The lowest BCUT2D eigenvalue weighted by Gasteiger charge is -2.29. The first kappa shape index (κ1) is 22.4. The topological polar surface area (TPSA) is 103 Å². The lowest BCUT2D eigenvalue weighted by Crippen LogP contribution is -2.31. The number of rotatable bonds is 8. The van der Waals surface area contributed by atoms with Gasteiger partial charge in [-0.15, -0.1) is 0 Å². The fourth-order valence-corrected chi connectivity index (χ4v) is 4.40. The summed E-state index contributed by atoms with van der Waals surface area (Å²) in [6.07, 6.45) is 4.53. The molecule has 2 aromatic heterocycles. The van der Waals surface area contributed by atoms with E-state index in [1.807, 2.05) is 41.1 Å². The Labute approximate surface area is 196 Å². The minimum Gasteiger partial charge on any atom is -0.469 e. The molecule has 1 fully saturated rings. The van der Waals surface area contributed by atoms with Gasteiger partial charge in [-0.3, -0.25) is 19.9 Å². The molecule has 0 unspecified atom stereocenters. The number of methoxy groups -OCH3 is 1. The number of esters is 1. The van der Waals surface area contributed by atoms with Gasteiger partial charge in [0.25, 0.3) is 5.69 Å². The number of nitro benzene ring substituents is 1. The molecule has 170 valence electrons. The van der Waals surface area contributed by atoms with E-state index in [2.05, 4.69) is 15.2 Å². The van der Waals surface area contributed by atoms with Crippen LogP contribution in [-0.2, 0) is 9.53 Å². The highest BCUT2D eigenvalue weighted by Crippen LogP contribution is 2.39. The van der Waals surface area contributed by atoms with Crippen molar-refractivity contribution in [1.82, 2.24) is 19.8 Å². The number of hydrogen-bond donors (Lipinski definition) is 1. The van der Waals surface area contributed by atoms with E-state index in [1.165, 1.54) is 19.2 Å². The number of non-ortho nitro benzene ring substituents is 1. The van der Waals surface area contributed by atoms with Crippen LogP contribution >= 0.6 is 12.2 Å². The van der Waals surface area contributed by atoms with Crippen molar-refractivity contribution in [1.29, 1.82) is 0 Å². The smallest absolute Gasteiger partial charge is 0.305 e. The molecule has 3 aromatic rings. The molecule has 33 heavy (non-hydrogen) atoms. The van der Waals surface area contributed by atoms with Crippen LogP contribution in [0.1, 0.15) is 36.3 Å². The quantitative estimate of drug-likeness (QED) is 0.232. The summed E-state index contributed by atoms with van der Waals surface area (Å²) in [4.78, 5) is 28.9. The van der Waals surface area contributed by atoms with Crippen LogP contribution in [0.4, 0.5) is 5.69 Å². The van der Waals surface area contributed by atoms with Crippen molar-refractivity contribution in [3.63, 3.8) is 0 Å². The molecule has 0 bridgehead atoms. The maximum absolute atomic E-state index is 11.6. The van der Waals surface area contributed by atoms with Crippen molar-refractivity contribution in [3.8, 4) is 5.69 Å². The number of nitrogens with one attached hydrogen (secondary N) is 1. The number of pyridine rings is 1. The van der Waals surface area contributed by atoms with Gasteiger partial charge < -0.3 is 19.5 Å². The number of thiocarbonyl (C=S) groups is 1. The number of aromatic nitrogens is 2. The molecular formula is C23H23N5O4S. The van der Waals surface area contributed by atoms with Crippen molar-refractivity contribution < 1.29 is 14.5 Å². The third-order valence-corrected chi connectivity index (χ3v) is 5.98. The first-order valence-electron chi connectivity index (χ1n) is 10.5. The molecule has 0 amide bonds. The molecule has 2 atom stereocenters. The molecule has 0 aliphatic carbocycles. The van der Waals surface area contributed by atoms with Gasteiger partial charge in [0, 0.05) is 48.9 Å². The van der Waals surface area contributed by atoms with Gasteiger partial charge in [-0.25, -0.2) is 0 Å². The maximum atomic E-state index is 11.6. The van der Waals surface area contributed by atoms with Gasteiger partial charge >= 0.3 is 5.97 Å². The zero-order valence-corrected chi connectivity index (χ0v) is 18.8. The molecule has 4 rings (SSSR count). The van der Waals surface area contributed by atoms with Gasteiger partial charge in [0.05, 0.1) is 29.8 Å². The molecule has 0 radical (unpaired) electrons. The van der Waals surface area contributed by atoms with Crippen molar-refractivity contribution in [2.24, 2.45) is 0 Å². The molecule has 1 aromatic carbocycles. The first-order valence-corrected chi connectivity index (χ1v) is 10.9. The van der Waals surface area contributed by atoms with E-state index in [-0.39, 0.29) is 23.7 Å². The number of nitro groups is 1. The van der Waals surface area contributed by atoms with Crippen LogP contribution in [0.25, 0.3) is 5.69 Å². The predicted octanol–water partition coefficient (Wildman–Crippen LogP) is 3.71. The summed E-state index contributed by atoms with van der Waals surface area (Å²) in [7, 11) is 1.38. The summed E-state index contributed by atoms with van der Waals surface area (Å²) in [5.74, 6) is -0.264. The minimum atomic E-state index is -0.417. The Bertz CT molecular complexity index is 1150. The van der Waals surface area contributed by atoms with E-state index in [9.17, 15) is 14.9 Å². The molecular weight excluding hydrogens is 442 g/mol. The zero-order valence-electron chi connectivity index (χ0n) is 18.0. The molecule has 9 nitrogen and oxygen atoms in total. The Hall–Kier alpha value is -3.79. The molecule has 10 heteroatoms. The van der Waals surface area contributed by atoms with Crippen LogP contribution in [0.15, 0.2) is 67.0 Å². The predicted molar refractivity (Wildman–Crippen MR) is 126 cm³/mol. The second-order valence-electron chi connectivity index (χ2n) is 7.58. The number of benzene rings is 1. The number of carbonyl (C=O) groups excluding carboxylic acids is 1. The van der Waals surface area contributed by atoms with E-state index >= 15 is 0 Å². The van der Waals surface area contributed by atoms with Crippen LogP contribution in [0.2, 0.25) is 0 Å². The highest BCUT2D eigenvalue weighted by molar-refractivity contribution is 7.80. The maximum Gasteiger partial charge on any atom is 0.305 e. The van der Waals surface area contributed by atoms with E-state index in [1.54, 1.807) is 18.3 Å². The van der Waals surface area contributed by atoms with Crippen molar-refractivity contribution in [2.75, 3.05) is 13.7 Å². The fourth-order valence-electron chi connectivity index (χ4n) is 4.07. The number of hydrogen-bond acceptors (Lipinski definition) is 6. The van der Waals surface area contributed by atoms with Gasteiger partial charge in [-0.05, 0) is 55.0 Å². The fraction of sp³-hybridized carbons (Fsp3) is 0.261. The molecule has 0 spiro atoms. The Morgan fingerprint density at radius 1 is 1.21 bits per heavy atom. The summed E-state index contributed by atoms with van der Waals surface area (Å²) in [6.45, 7) is 0.556. The number of ether oxygens (including phenoxy) is 1. The zero-order chi connectivity index (χ0) is 23.4. The van der Waals surface area contributed by atoms with E-state index in [4.69, 9.17) is 17.0 Å². The Morgan fingerprint density at radius 2 is 2.00 bits per heavy atom. The normalized spacial score (nSPS) is 17.6. The van der Waals surface area contributed by atoms with Gasteiger partial charge in [0.1, 0.15) is 0 Å². The van der Waals surface area contributed by atoms with Crippen LogP contribution in [0, 0.1) is 10.1 Å². The van der Waals surface area contributed by atoms with E-state index in [0.29, 0.717) is 24.5 Å². The molecule has 1 N–H and O–H groups in total. The average molecular weight is 466 g/mol. The van der Waals surface area contributed by atoms with Crippen LogP contribution < -0.4 is 5.32 Å². The Morgan fingerprint density at radius 3 is 2.67 bits per heavy atom. The first-order chi connectivity index (χ1) is 16.0. The lowest BCUT2D eigenvalue weighted by atomic mass is 10.0. The summed E-state index contributed by atoms with van der Waals surface area (Å²) < 4.78 is 6.76. The van der Waals surface area contributed by atoms with Crippen molar-refractivity contribution in [3.05, 3.63) is 88.5 Å². The van der Waals surface area contributed by atoms with Crippen LogP contribution in [-0.4, -0.2) is 44.1 Å². The Kier molecular flexibility index (Phi) is 6.64. The largest absolute Gasteiger partial charge is 0.469 e. The highest BCUT2D eigenvalue weighted by atomic mass is 32.1. The second kappa shape index (κ2) is 9.78. The molecule has 0 saturated carbocycles. The molecule has 1 aliphatic heterocycles. The summed E-state index contributed by atoms with van der Waals surface area (Å²) in [5.41, 5.74) is 2.63. The summed E-state index contributed by atoms with van der Waals surface area (Å²) >= 11 is 5.67. The monoisotopic (exact) mass is 465 g/mol. The van der Waals surface area contributed by atoms with Crippen molar-refractivity contribution in [2.45, 2.75) is 24.9 Å². The third-order valence-electron chi connectivity index (χ3n) is 5.63. The average Bonchev–Trinajstić information content (AvgIpc) is 3.44. The second-order valence-corrected chi connectivity index (χ2v) is 7.96. The summed E-state index contributed by atoms with van der Waals surface area (Å²) in [6, 6.07) is 15.7. The van der Waals surface area contributed by atoms with Gasteiger partial charge in [0.15, 0.2) is 5.11 Å². The van der Waals surface area contributed by atoms with Crippen LogP contribution in [0.5, 0.6) is 0 Å². The standard InChI is InChI=1S/C23H23N5O4S/c1-32-20(29)8-5-15-27-22(21(25-23(27)33)18-6-2-3-13-24-18)19-7-4-14-26(19)16-9-11-17(12-10-16)28(30)31/h2-4,6-7,9-14,21-22H,5,8,15H2,1H3,(H,25,33)/t21-,22-/m1/s1. The molecule has 1 aliphatic rings. The van der Waals surface area contributed by atoms with Gasteiger partial charge in [-0.1, -0.05) is 6.07 Å². The minimum absolute atomic E-state index is 0.0342. The molecule has 1 saturated heterocycles. The highest BCUT2D eigenvalue weighted by Gasteiger charge is 2.41. The van der Waals surface area contributed by atoms with Gasteiger partial charge in [-0.2, -0.15) is 0 Å². The third kappa shape index (κ3) is 4.70.